The van der Waals surface area contributed by atoms with Gasteiger partial charge in [0.05, 0.1) is 12.1 Å². The summed E-state index contributed by atoms with van der Waals surface area (Å²) in [4.78, 5) is 59.2. The number of nitrogens with one attached hydrogen (secondary N) is 3. The molecule has 0 aromatic heterocycles. The van der Waals surface area contributed by atoms with E-state index in [1.165, 1.54) is 18.7 Å². The van der Waals surface area contributed by atoms with E-state index >= 15 is 0 Å². The van der Waals surface area contributed by atoms with Crippen molar-refractivity contribution in [2.45, 2.75) is 56.5 Å². The number of nitrogens with two attached hydrogens (primary N) is 1. The van der Waals surface area contributed by atoms with E-state index in [9.17, 15) is 34.2 Å². The smallest absolute Gasteiger partial charge is 0.326 e. The maximum Gasteiger partial charge on any atom is 0.326 e. The minimum Gasteiger partial charge on any atom is -0.481 e. The molecular formula is C17H30N4O8S2. The van der Waals surface area contributed by atoms with Crippen molar-refractivity contribution in [2.75, 3.05) is 17.8 Å². The number of thioether (sulfide) groups is 1. The van der Waals surface area contributed by atoms with Crippen LogP contribution in [0, 0.1) is 0 Å². The maximum atomic E-state index is 12.6. The van der Waals surface area contributed by atoms with Crippen LogP contribution < -0.4 is 21.7 Å². The third kappa shape index (κ3) is 11.2. The van der Waals surface area contributed by atoms with Gasteiger partial charge in [0.25, 0.3) is 0 Å². The summed E-state index contributed by atoms with van der Waals surface area (Å²) in [6.07, 6.45) is -0.237. The topological polar surface area (TPSA) is 208 Å². The Bertz CT molecular complexity index is 650. The first-order valence-corrected chi connectivity index (χ1v) is 11.4. The highest BCUT2D eigenvalue weighted by atomic mass is 32.2. The van der Waals surface area contributed by atoms with Crippen LogP contribution in [0.2, 0.25) is 0 Å². The standard InChI is InChI=1S/C17H30N4O8S2/c1-8(22)13(21-14(25)9(18)7-30)16(27)19-10(5-6-31-2)15(26)20-11(17(28)29)3-4-12(23)24/h8-11,13,22,30H,3-7,18H2,1-2H3,(H,19,27)(H,20,26)(H,21,25)(H,23,24)(H,28,29). The van der Waals surface area contributed by atoms with Gasteiger partial charge in [-0.1, -0.05) is 0 Å². The Morgan fingerprint density at radius 1 is 0.968 bits per heavy atom. The fourth-order valence-corrected chi connectivity index (χ4v) is 2.95. The minimum absolute atomic E-state index is 0.00561. The lowest BCUT2D eigenvalue weighted by Crippen LogP contribution is -2.60. The van der Waals surface area contributed by atoms with E-state index in [2.05, 4.69) is 28.6 Å². The van der Waals surface area contributed by atoms with Gasteiger partial charge in [-0.2, -0.15) is 24.4 Å². The molecule has 0 saturated heterocycles. The molecule has 3 amide bonds. The zero-order valence-corrected chi connectivity index (χ0v) is 18.9. The van der Waals surface area contributed by atoms with Crippen molar-refractivity contribution in [1.29, 1.82) is 0 Å². The van der Waals surface area contributed by atoms with E-state index in [4.69, 9.17) is 10.8 Å². The van der Waals surface area contributed by atoms with E-state index in [1.807, 2.05) is 0 Å². The molecule has 0 bridgehead atoms. The van der Waals surface area contributed by atoms with Gasteiger partial charge < -0.3 is 37.0 Å². The Kier molecular flexibility index (Phi) is 13.9. The second-order valence-electron chi connectivity index (χ2n) is 6.69. The number of hydrogen-bond acceptors (Lipinski definition) is 9. The molecule has 5 unspecified atom stereocenters. The average Bonchev–Trinajstić information content (AvgIpc) is 2.70. The summed E-state index contributed by atoms with van der Waals surface area (Å²) in [5, 5.41) is 34.7. The van der Waals surface area contributed by atoms with Gasteiger partial charge in [0.1, 0.15) is 18.1 Å². The second kappa shape index (κ2) is 14.9. The molecule has 0 rings (SSSR count). The number of carbonyl (C=O) groups is 5. The molecule has 0 spiro atoms. The van der Waals surface area contributed by atoms with Crippen molar-refractivity contribution in [3.63, 3.8) is 0 Å². The highest BCUT2D eigenvalue weighted by Gasteiger charge is 2.32. The monoisotopic (exact) mass is 482 g/mol. The predicted molar refractivity (Wildman–Crippen MR) is 117 cm³/mol. The molecule has 178 valence electrons. The van der Waals surface area contributed by atoms with Crippen molar-refractivity contribution in [3.8, 4) is 0 Å². The van der Waals surface area contributed by atoms with Gasteiger partial charge in [-0.15, -0.1) is 0 Å². The van der Waals surface area contributed by atoms with E-state index < -0.39 is 66.4 Å². The zero-order chi connectivity index (χ0) is 24.1. The highest BCUT2D eigenvalue weighted by molar-refractivity contribution is 7.98. The molecule has 0 saturated carbocycles. The fraction of sp³-hybridized carbons (Fsp3) is 0.706. The Morgan fingerprint density at radius 3 is 2.00 bits per heavy atom. The van der Waals surface area contributed by atoms with Gasteiger partial charge in [-0.05, 0) is 31.8 Å². The quantitative estimate of drug-likeness (QED) is 0.118. The van der Waals surface area contributed by atoms with Crippen molar-refractivity contribution >= 4 is 54.1 Å². The normalized spacial score (nSPS) is 15.6. The Morgan fingerprint density at radius 2 is 1.55 bits per heavy atom. The minimum atomic E-state index is -1.46. The molecule has 0 aromatic rings. The summed E-state index contributed by atoms with van der Waals surface area (Å²) in [6, 6.07) is -5.06. The van der Waals surface area contributed by atoms with Crippen molar-refractivity contribution in [1.82, 2.24) is 16.0 Å². The van der Waals surface area contributed by atoms with Crippen LogP contribution in [0.3, 0.4) is 0 Å². The van der Waals surface area contributed by atoms with Crippen LogP contribution in [0.25, 0.3) is 0 Å². The molecule has 8 N–H and O–H groups in total. The predicted octanol–water partition coefficient (Wildman–Crippen LogP) is -2.22. The molecule has 5 atom stereocenters. The van der Waals surface area contributed by atoms with Crippen molar-refractivity contribution in [2.24, 2.45) is 5.73 Å². The van der Waals surface area contributed by atoms with Crippen LogP contribution >= 0.6 is 24.4 Å². The van der Waals surface area contributed by atoms with Crippen LogP contribution in [-0.4, -0.2) is 93.0 Å². The molecule has 12 nitrogen and oxygen atoms in total. The van der Waals surface area contributed by atoms with E-state index in [0.29, 0.717) is 5.75 Å². The first-order chi connectivity index (χ1) is 14.4. The lowest BCUT2D eigenvalue weighted by Gasteiger charge is -2.26. The lowest BCUT2D eigenvalue weighted by molar-refractivity contribution is -0.143. The molecule has 0 aliphatic heterocycles. The molecule has 0 fully saturated rings. The van der Waals surface area contributed by atoms with Crippen LogP contribution in [-0.2, 0) is 24.0 Å². The molecule has 0 radical (unpaired) electrons. The summed E-state index contributed by atoms with van der Waals surface area (Å²) < 4.78 is 0. The van der Waals surface area contributed by atoms with Crippen LogP contribution in [0.15, 0.2) is 0 Å². The number of hydrogen-bond donors (Lipinski definition) is 8. The van der Waals surface area contributed by atoms with Gasteiger partial charge in [0.15, 0.2) is 0 Å². The average molecular weight is 483 g/mol. The number of aliphatic hydroxyl groups is 1. The molecule has 0 heterocycles. The zero-order valence-electron chi connectivity index (χ0n) is 17.2. The van der Waals surface area contributed by atoms with Gasteiger partial charge >= 0.3 is 11.9 Å². The molecule has 0 aliphatic carbocycles. The molecule has 31 heavy (non-hydrogen) atoms. The van der Waals surface area contributed by atoms with E-state index in [0.717, 1.165) is 0 Å². The third-order valence-corrected chi connectivity index (χ3v) is 5.14. The van der Waals surface area contributed by atoms with Crippen LogP contribution in [0.4, 0.5) is 0 Å². The number of aliphatic hydroxyl groups excluding tert-OH is 1. The molecular weight excluding hydrogens is 452 g/mol. The molecule has 0 aliphatic rings. The first-order valence-electron chi connectivity index (χ1n) is 9.33. The Labute approximate surface area is 189 Å². The van der Waals surface area contributed by atoms with Gasteiger partial charge in [-0.25, -0.2) is 4.79 Å². The maximum absolute atomic E-state index is 12.6. The SMILES string of the molecule is CSCCC(NC(=O)C(NC(=O)C(N)CS)C(C)O)C(=O)NC(CCC(=O)O)C(=O)O. The highest BCUT2D eigenvalue weighted by Crippen LogP contribution is 2.06. The Balaban J connectivity index is 5.35. The summed E-state index contributed by atoms with van der Waals surface area (Å²) in [5.74, 6) is -4.62. The first kappa shape index (κ1) is 29.0. The van der Waals surface area contributed by atoms with Crippen molar-refractivity contribution < 1.29 is 39.3 Å². The number of carboxylic acids is 2. The number of rotatable bonds is 15. The van der Waals surface area contributed by atoms with E-state index in [-0.39, 0.29) is 18.6 Å². The lowest BCUT2D eigenvalue weighted by atomic mass is 10.1. The van der Waals surface area contributed by atoms with Crippen LogP contribution in [0.5, 0.6) is 0 Å². The largest absolute Gasteiger partial charge is 0.481 e. The Hall–Kier alpha value is -2.03. The summed E-state index contributed by atoms with van der Waals surface area (Å²) in [7, 11) is 0. The second-order valence-corrected chi connectivity index (χ2v) is 8.04. The molecule has 14 heteroatoms. The number of thiol groups is 1. The summed E-state index contributed by atoms with van der Waals surface area (Å²) in [5.41, 5.74) is 5.55. The fourth-order valence-electron chi connectivity index (χ4n) is 2.31. The third-order valence-electron chi connectivity index (χ3n) is 4.10. The number of aliphatic carboxylic acids is 2. The summed E-state index contributed by atoms with van der Waals surface area (Å²) in [6.45, 7) is 1.26. The number of carbonyl (C=O) groups excluding carboxylic acids is 3. The number of amides is 3. The van der Waals surface area contributed by atoms with Gasteiger partial charge in [-0.3, -0.25) is 19.2 Å². The molecule has 0 aromatic carbocycles. The number of carboxylic acid groups (broad SMARTS) is 2. The van der Waals surface area contributed by atoms with Gasteiger partial charge in [0.2, 0.25) is 17.7 Å². The van der Waals surface area contributed by atoms with Crippen LogP contribution in [0.1, 0.15) is 26.2 Å². The van der Waals surface area contributed by atoms with Crippen molar-refractivity contribution in [3.05, 3.63) is 0 Å². The van der Waals surface area contributed by atoms with Gasteiger partial charge in [0, 0.05) is 12.2 Å². The summed E-state index contributed by atoms with van der Waals surface area (Å²) >= 11 is 5.27. The van der Waals surface area contributed by atoms with E-state index in [1.54, 1.807) is 6.26 Å².